The number of rotatable bonds is 4. The summed E-state index contributed by atoms with van der Waals surface area (Å²) in [6.45, 7) is 5.14. The molecule has 2 heterocycles. The van der Waals surface area contributed by atoms with Crippen LogP contribution in [0.15, 0.2) is 40.2 Å². The molecule has 0 amide bonds. The summed E-state index contributed by atoms with van der Waals surface area (Å²) in [7, 11) is 0. The molecule has 0 radical (unpaired) electrons. The summed E-state index contributed by atoms with van der Waals surface area (Å²) in [5.41, 5.74) is 1.50. The Labute approximate surface area is 132 Å². The zero-order chi connectivity index (χ0) is 13.9. The van der Waals surface area contributed by atoms with Gasteiger partial charge in [-0.3, -0.25) is 4.90 Å². The summed E-state index contributed by atoms with van der Waals surface area (Å²) in [4.78, 5) is 4.06. The standard InChI is InChI=1S/C16H18BrNOS/c1-12-15-6-10-20-16(15)5-7-18(12)8-9-19-14-4-2-3-13(17)11-14/h2-4,6,10-12H,5,7-9H2,1H3. The zero-order valence-corrected chi connectivity index (χ0v) is 13.9. The highest BCUT2D eigenvalue weighted by Crippen LogP contribution is 2.32. The molecule has 1 unspecified atom stereocenters. The third kappa shape index (κ3) is 3.08. The fraction of sp³-hybridized carbons (Fsp3) is 0.375. The summed E-state index contributed by atoms with van der Waals surface area (Å²) in [6.07, 6.45) is 1.17. The monoisotopic (exact) mass is 351 g/mol. The Morgan fingerprint density at radius 3 is 3.15 bits per heavy atom. The molecule has 0 saturated heterocycles. The van der Waals surface area contributed by atoms with Gasteiger partial charge in [-0.25, -0.2) is 0 Å². The van der Waals surface area contributed by atoms with Gasteiger partial charge in [0.2, 0.25) is 0 Å². The zero-order valence-electron chi connectivity index (χ0n) is 11.5. The van der Waals surface area contributed by atoms with Crippen molar-refractivity contribution in [2.45, 2.75) is 19.4 Å². The largest absolute Gasteiger partial charge is 0.492 e. The molecule has 1 aliphatic heterocycles. The molecule has 2 nitrogen and oxygen atoms in total. The van der Waals surface area contributed by atoms with Crippen LogP contribution in [0, 0.1) is 0 Å². The van der Waals surface area contributed by atoms with E-state index in [0.29, 0.717) is 6.04 Å². The van der Waals surface area contributed by atoms with Gasteiger partial charge in [-0.2, -0.15) is 0 Å². The van der Waals surface area contributed by atoms with Crippen LogP contribution in [-0.2, 0) is 6.42 Å². The van der Waals surface area contributed by atoms with E-state index in [0.717, 1.165) is 29.9 Å². The first-order valence-corrected chi connectivity index (χ1v) is 8.60. The maximum Gasteiger partial charge on any atom is 0.120 e. The summed E-state index contributed by atoms with van der Waals surface area (Å²) >= 11 is 5.35. The van der Waals surface area contributed by atoms with Crippen molar-refractivity contribution >= 4 is 27.3 Å². The molecule has 0 fully saturated rings. The van der Waals surface area contributed by atoms with Crippen molar-refractivity contribution in [3.63, 3.8) is 0 Å². The van der Waals surface area contributed by atoms with Crippen LogP contribution < -0.4 is 4.74 Å². The quantitative estimate of drug-likeness (QED) is 0.803. The van der Waals surface area contributed by atoms with Crippen molar-refractivity contribution in [2.24, 2.45) is 0 Å². The fourth-order valence-electron chi connectivity index (χ4n) is 2.70. The molecule has 3 rings (SSSR count). The van der Waals surface area contributed by atoms with Crippen LogP contribution in [0.5, 0.6) is 5.75 Å². The molecule has 1 aliphatic rings. The van der Waals surface area contributed by atoms with Crippen LogP contribution in [0.3, 0.4) is 0 Å². The van der Waals surface area contributed by atoms with E-state index in [-0.39, 0.29) is 0 Å². The lowest BCUT2D eigenvalue weighted by Crippen LogP contribution is -2.36. The van der Waals surface area contributed by atoms with Crippen LogP contribution in [0.1, 0.15) is 23.4 Å². The van der Waals surface area contributed by atoms with Crippen LogP contribution in [0.4, 0.5) is 0 Å². The second-order valence-corrected chi connectivity index (χ2v) is 6.98. The Balaban J connectivity index is 1.55. The van der Waals surface area contributed by atoms with Gasteiger partial charge in [0.1, 0.15) is 12.4 Å². The third-order valence-corrected chi connectivity index (χ3v) is 5.34. The first-order valence-electron chi connectivity index (χ1n) is 6.93. The van der Waals surface area contributed by atoms with Gasteiger partial charge < -0.3 is 4.74 Å². The van der Waals surface area contributed by atoms with E-state index in [1.165, 1.54) is 12.0 Å². The number of hydrogen-bond acceptors (Lipinski definition) is 3. The maximum absolute atomic E-state index is 5.84. The van der Waals surface area contributed by atoms with Gasteiger partial charge in [0.15, 0.2) is 0 Å². The minimum atomic E-state index is 0.510. The van der Waals surface area contributed by atoms with Gasteiger partial charge in [-0.15, -0.1) is 11.3 Å². The average Bonchev–Trinajstić information content (AvgIpc) is 2.91. The SMILES string of the molecule is CC1c2ccsc2CCN1CCOc1cccc(Br)c1. The Kier molecular flexibility index (Phi) is 4.44. The van der Waals surface area contributed by atoms with E-state index in [1.54, 1.807) is 4.88 Å². The number of fused-ring (bicyclic) bond motifs is 1. The van der Waals surface area contributed by atoms with Crippen LogP contribution in [-0.4, -0.2) is 24.6 Å². The average molecular weight is 352 g/mol. The Hall–Kier alpha value is -0.840. The van der Waals surface area contributed by atoms with Gasteiger partial charge in [-0.1, -0.05) is 22.0 Å². The van der Waals surface area contributed by atoms with E-state index in [4.69, 9.17) is 4.74 Å². The van der Waals surface area contributed by atoms with Crippen molar-refractivity contribution in [3.8, 4) is 5.75 Å². The Morgan fingerprint density at radius 2 is 2.30 bits per heavy atom. The molecule has 0 aliphatic carbocycles. The second-order valence-electron chi connectivity index (χ2n) is 5.07. The maximum atomic E-state index is 5.84. The molecule has 4 heteroatoms. The molecule has 1 aromatic heterocycles. The molecule has 1 atom stereocenters. The number of hydrogen-bond donors (Lipinski definition) is 0. The molecule has 0 saturated carbocycles. The number of nitrogens with zero attached hydrogens (tertiary/aromatic N) is 1. The third-order valence-electron chi connectivity index (χ3n) is 3.85. The van der Waals surface area contributed by atoms with Crippen LogP contribution in [0.25, 0.3) is 0 Å². The molecule has 2 aromatic rings. The summed E-state index contributed by atoms with van der Waals surface area (Å²) in [6, 6.07) is 10.8. The molecule has 106 valence electrons. The lowest BCUT2D eigenvalue weighted by molar-refractivity contribution is 0.161. The summed E-state index contributed by atoms with van der Waals surface area (Å²) in [5, 5.41) is 2.21. The van der Waals surface area contributed by atoms with Gasteiger partial charge in [0.05, 0.1) is 0 Å². The van der Waals surface area contributed by atoms with Crippen molar-refractivity contribution in [1.29, 1.82) is 0 Å². The first kappa shape index (κ1) is 14.1. The van der Waals surface area contributed by atoms with Crippen LogP contribution in [0.2, 0.25) is 0 Å². The second kappa shape index (κ2) is 6.29. The van der Waals surface area contributed by atoms with Gasteiger partial charge >= 0.3 is 0 Å². The summed E-state index contributed by atoms with van der Waals surface area (Å²) in [5.74, 6) is 0.931. The molecule has 0 bridgehead atoms. The molecule has 0 spiro atoms. The fourth-order valence-corrected chi connectivity index (χ4v) is 4.05. The van der Waals surface area contributed by atoms with E-state index in [2.05, 4.69) is 39.2 Å². The number of halogens is 1. The van der Waals surface area contributed by atoms with E-state index >= 15 is 0 Å². The molecular weight excluding hydrogens is 334 g/mol. The molecule has 1 aromatic carbocycles. The van der Waals surface area contributed by atoms with Crippen molar-refractivity contribution in [3.05, 3.63) is 50.6 Å². The Bertz CT molecular complexity index is 583. The highest BCUT2D eigenvalue weighted by Gasteiger charge is 2.24. The number of thiophene rings is 1. The van der Waals surface area contributed by atoms with Crippen LogP contribution >= 0.6 is 27.3 Å². The van der Waals surface area contributed by atoms with E-state index in [9.17, 15) is 0 Å². The minimum Gasteiger partial charge on any atom is -0.492 e. The first-order chi connectivity index (χ1) is 9.74. The van der Waals surface area contributed by atoms with Crippen molar-refractivity contribution < 1.29 is 4.74 Å². The lowest BCUT2D eigenvalue weighted by Gasteiger charge is -2.33. The van der Waals surface area contributed by atoms with E-state index < -0.39 is 0 Å². The molecule has 0 N–H and O–H groups in total. The molecular formula is C16H18BrNOS. The van der Waals surface area contributed by atoms with Gasteiger partial charge in [0, 0.05) is 28.5 Å². The minimum absolute atomic E-state index is 0.510. The smallest absolute Gasteiger partial charge is 0.120 e. The van der Waals surface area contributed by atoms with Gasteiger partial charge in [0.25, 0.3) is 0 Å². The normalized spacial score (nSPS) is 18.8. The lowest BCUT2D eigenvalue weighted by atomic mass is 10.0. The Morgan fingerprint density at radius 1 is 1.40 bits per heavy atom. The predicted octanol–water partition coefficient (Wildman–Crippen LogP) is 4.51. The molecule has 20 heavy (non-hydrogen) atoms. The van der Waals surface area contributed by atoms with E-state index in [1.807, 2.05) is 35.6 Å². The number of ether oxygens (including phenoxy) is 1. The highest BCUT2D eigenvalue weighted by molar-refractivity contribution is 9.10. The van der Waals surface area contributed by atoms with Crippen molar-refractivity contribution in [2.75, 3.05) is 19.7 Å². The topological polar surface area (TPSA) is 12.5 Å². The summed E-state index contributed by atoms with van der Waals surface area (Å²) < 4.78 is 6.90. The van der Waals surface area contributed by atoms with Crippen molar-refractivity contribution in [1.82, 2.24) is 4.90 Å². The number of benzene rings is 1. The van der Waals surface area contributed by atoms with Gasteiger partial charge in [-0.05, 0) is 48.6 Å². The predicted molar refractivity (Wildman–Crippen MR) is 87.6 cm³/mol. The highest BCUT2D eigenvalue weighted by atomic mass is 79.9.